The van der Waals surface area contributed by atoms with E-state index in [2.05, 4.69) is 15.9 Å². The van der Waals surface area contributed by atoms with Gasteiger partial charge < -0.3 is 9.84 Å². The molecule has 1 aromatic rings. The highest BCUT2D eigenvalue weighted by molar-refractivity contribution is 9.10. The number of aliphatic carboxylic acids is 1. The minimum absolute atomic E-state index is 0.0423. The molecule has 1 aromatic carbocycles. The van der Waals surface area contributed by atoms with Gasteiger partial charge >= 0.3 is 5.97 Å². The van der Waals surface area contributed by atoms with Crippen molar-refractivity contribution >= 4 is 33.5 Å². The third kappa shape index (κ3) is 3.72. The zero-order chi connectivity index (χ0) is 11.4. The van der Waals surface area contributed by atoms with Crippen LogP contribution in [0.2, 0.25) is 0 Å². The van der Waals surface area contributed by atoms with Crippen molar-refractivity contribution in [2.24, 2.45) is 0 Å². The molecule has 0 heterocycles. The molecule has 0 aliphatic heterocycles. The summed E-state index contributed by atoms with van der Waals surface area (Å²) in [6.07, 6.45) is 0. The highest BCUT2D eigenvalue weighted by atomic mass is 79.9. The van der Waals surface area contributed by atoms with Crippen LogP contribution in [0.4, 0.5) is 0 Å². The molecule has 0 aliphatic carbocycles. The van der Waals surface area contributed by atoms with Crippen LogP contribution in [0.5, 0.6) is 5.75 Å². The van der Waals surface area contributed by atoms with Gasteiger partial charge in [-0.1, -0.05) is 15.9 Å². The lowest BCUT2D eigenvalue weighted by molar-refractivity contribution is -0.137. The van der Waals surface area contributed by atoms with E-state index < -0.39 is 11.3 Å². The van der Waals surface area contributed by atoms with Crippen molar-refractivity contribution in [2.45, 2.75) is 12.3 Å². The van der Waals surface area contributed by atoms with Crippen LogP contribution in [0.3, 0.4) is 0 Å². The predicted molar refractivity (Wildman–Crippen MR) is 61.7 cm³/mol. The molecule has 0 saturated carbocycles. The first-order valence-corrected chi connectivity index (χ1v) is 5.49. The molecule has 0 bridgehead atoms. The van der Waals surface area contributed by atoms with Gasteiger partial charge in [0.15, 0.2) is 5.38 Å². The SMILES string of the molecule is Cc1cc(Br)ccc1OCC(Cl)C(=O)O. The summed E-state index contributed by atoms with van der Waals surface area (Å²) in [5.74, 6) is -0.434. The van der Waals surface area contributed by atoms with Gasteiger partial charge in [0.25, 0.3) is 0 Å². The van der Waals surface area contributed by atoms with Crippen LogP contribution in [0.1, 0.15) is 5.56 Å². The smallest absolute Gasteiger partial charge is 0.325 e. The first-order chi connectivity index (χ1) is 7.00. The van der Waals surface area contributed by atoms with Crippen molar-refractivity contribution in [1.29, 1.82) is 0 Å². The lowest BCUT2D eigenvalue weighted by atomic mass is 10.2. The number of alkyl halides is 1. The average Bonchev–Trinajstić information content (AvgIpc) is 2.15. The van der Waals surface area contributed by atoms with Crippen molar-refractivity contribution in [3.63, 3.8) is 0 Å². The van der Waals surface area contributed by atoms with Crippen molar-refractivity contribution in [2.75, 3.05) is 6.61 Å². The summed E-state index contributed by atoms with van der Waals surface area (Å²) in [6.45, 7) is 1.84. The molecule has 82 valence electrons. The maximum absolute atomic E-state index is 10.4. The molecule has 0 radical (unpaired) electrons. The number of carboxylic acid groups (broad SMARTS) is 1. The fourth-order valence-electron chi connectivity index (χ4n) is 1.01. The van der Waals surface area contributed by atoms with Crippen molar-refractivity contribution < 1.29 is 14.6 Å². The van der Waals surface area contributed by atoms with E-state index in [1.807, 2.05) is 19.1 Å². The number of rotatable bonds is 4. The topological polar surface area (TPSA) is 46.5 Å². The Kier molecular flexibility index (Phi) is 4.42. The number of carboxylic acids is 1. The van der Waals surface area contributed by atoms with Crippen LogP contribution in [-0.4, -0.2) is 23.1 Å². The summed E-state index contributed by atoms with van der Waals surface area (Å²) in [4.78, 5) is 10.4. The van der Waals surface area contributed by atoms with E-state index in [4.69, 9.17) is 21.4 Å². The quantitative estimate of drug-likeness (QED) is 0.868. The molecule has 0 spiro atoms. The number of aryl methyl sites for hydroxylation is 1. The zero-order valence-corrected chi connectivity index (χ0v) is 10.4. The zero-order valence-electron chi connectivity index (χ0n) is 8.04. The second-order valence-electron chi connectivity index (χ2n) is 3.03. The summed E-state index contributed by atoms with van der Waals surface area (Å²) >= 11 is 8.84. The van der Waals surface area contributed by atoms with Gasteiger partial charge in [-0.05, 0) is 30.7 Å². The van der Waals surface area contributed by atoms with Crippen LogP contribution in [-0.2, 0) is 4.79 Å². The minimum Gasteiger partial charge on any atom is -0.491 e. The number of hydrogen-bond donors (Lipinski definition) is 1. The summed E-state index contributed by atoms with van der Waals surface area (Å²) in [5, 5.41) is 7.53. The number of benzene rings is 1. The molecule has 0 aliphatic rings. The molecule has 0 aromatic heterocycles. The van der Waals surface area contributed by atoms with Crippen LogP contribution < -0.4 is 4.74 Å². The van der Waals surface area contributed by atoms with Gasteiger partial charge in [-0.25, -0.2) is 0 Å². The molecule has 1 N–H and O–H groups in total. The highest BCUT2D eigenvalue weighted by Gasteiger charge is 2.14. The first-order valence-electron chi connectivity index (χ1n) is 4.26. The lowest BCUT2D eigenvalue weighted by Crippen LogP contribution is -2.21. The Hall–Kier alpha value is -0.740. The van der Waals surface area contributed by atoms with E-state index in [9.17, 15) is 4.79 Å². The Balaban J connectivity index is 2.62. The third-order valence-electron chi connectivity index (χ3n) is 1.79. The van der Waals surface area contributed by atoms with Gasteiger partial charge in [-0.3, -0.25) is 4.79 Å². The van der Waals surface area contributed by atoms with E-state index in [0.717, 1.165) is 10.0 Å². The van der Waals surface area contributed by atoms with Gasteiger partial charge in [0.2, 0.25) is 0 Å². The lowest BCUT2D eigenvalue weighted by Gasteiger charge is -2.10. The van der Waals surface area contributed by atoms with Crippen LogP contribution in [0, 0.1) is 6.92 Å². The first kappa shape index (κ1) is 12.3. The van der Waals surface area contributed by atoms with Gasteiger partial charge in [0.05, 0.1) is 0 Å². The fourth-order valence-corrected chi connectivity index (χ4v) is 1.55. The molecule has 1 unspecified atom stereocenters. The van der Waals surface area contributed by atoms with Gasteiger partial charge in [0.1, 0.15) is 12.4 Å². The van der Waals surface area contributed by atoms with Crippen LogP contribution >= 0.6 is 27.5 Å². The molecule has 3 nitrogen and oxygen atoms in total. The Morgan fingerprint density at radius 1 is 1.67 bits per heavy atom. The monoisotopic (exact) mass is 292 g/mol. The highest BCUT2D eigenvalue weighted by Crippen LogP contribution is 2.22. The maximum Gasteiger partial charge on any atom is 0.325 e. The number of carbonyl (C=O) groups is 1. The molecular weight excluding hydrogens is 283 g/mol. The summed E-state index contributed by atoms with van der Waals surface area (Å²) < 4.78 is 6.23. The van der Waals surface area contributed by atoms with Crippen molar-refractivity contribution in [3.05, 3.63) is 28.2 Å². The Morgan fingerprint density at radius 3 is 2.87 bits per heavy atom. The Bertz CT molecular complexity index is 368. The normalized spacial score (nSPS) is 12.2. The Morgan fingerprint density at radius 2 is 2.33 bits per heavy atom. The second kappa shape index (κ2) is 5.37. The number of hydrogen-bond acceptors (Lipinski definition) is 2. The molecule has 0 fully saturated rings. The predicted octanol–water partition coefficient (Wildman–Crippen LogP) is 2.83. The average molecular weight is 294 g/mol. The van der Waals surface area contributed by atoms with Crippen LogP contribution in [0.15, 0.2) is 22.7 Å². The molecule has 0 saturated heterocycles. The van der Waals surface area contributed by atoms with Crippen molar-refractivity contribution in [3.8, 4) is 5.75 Å². The van der Waals surface area contributed by atoms with E-state index in [1.54, 1.807) is 6.07 Å². The fraction of sp³-hybridized carbons (Fsp3) is 0.300. The minimum atomic E-state index is -1.08. The number of halogens is 2. The molecular formula is C10H10BrClO3. The molecule has 1 rings (SSSR count). The summed E-state index contributed by atoms with van der Waals surface area (Å²) in [5.41, 5.74) is 0.929. The molecule has 1 atom stereocenters. The largest absolute Gasteiger partial charge is 0.491 e. The summed E-state index contributed by atoms with van der Waals surface area (Å²) in [7, 11) is 0. The Labute approximate surface area is 101 Å². The maximum atomic E-state index is 10.4. The number of ether oxygens (including phenoxy) is 1. The molecule has 15 heavy (non-hydrogen) atoms. The van der Waals surface area contributed by atoms with Gasteiger partial charge in [0, 0.05) is 4.47 Å². The molecule has 5 heteroatoms. The van der Waals surface area contributed by atoms with E-state index >= 15 is 0 Å². The van der Waals surface area contributed by atoms with Gasteiger partial charge in [-0.2, -0.15) is 0 Å². The summed E-state index contributed by atoms with van der Waals surface area (Å²) in [6, 6.07) is 5.48. The standard InChI is InChI=1S/C10H10BrClO3/c1-6-4-7(11)2-3-9(6)15-5-8(12)10(13)14/h2-4,8H,5H2,1H3,(H,13,14). The third-order valence-corrected chi connectivity index (χ3v) is 2.60. The van der Waals surface area contributed by atoms with Crippen LogP contribution in [0.25, 0.3) is 0 Å². The van der Waals surface area contributed by atoms with Crippen molar-refractivity contribution in [1.82, 2.24) is 0 Å². The second-order valence-corrected chi connectivity index (χ2v) is 4.47. The van der Waals surface area contributed by atoms with E-state index in [1.165, 1.54) is 0 Å². The van der Waals surface area contributed by atoms with Gasteiger partial charge in [-0.15, -0.1) is 11.6 Å². The molecule has 0 amide bonds. The van der Waals surface area contributed by atoms with E-state index in [0.29, 0.717) is 5.75 Å². The van der Waals surface area contributed by atoms with E-state index in [-0.39, 0.29) is 6.61 Å².